The molecule has 0 saturated carbocycles. The maximum Gasteiger partial charge on any atom is 0.323 e. The fraction of sp³-hybridized carbons (Fsp3) is 0.0800. The Morgan fingerprint density at radius 1 is 0.969 bits per heavy atom. The van der Waals surface area contributed by atoms with Crippen LogP contribution in [0.2, 0.25) is 5.02 Å². The van der Waals surface area contributed by atoms with E-state index >= 15 is 0 Å². The Kier molecular flexibility index (Phi) is 5.15. The van der Waals surface area contributed by atoms with Gasteiger partial charge in [-0.1, -0.05) is 48.0 Å². The number of hydrogen-bond donors (Lipinski definition) is 1. The van der Waals surface area contributed by atoms with Crippen LogP contribution < -0.4 is 5.32 Å². The summed E-state index contributed by atoms with van der Waals surface area (Å²) in [6, 6.07) is 21.0. The fourth-order valence-electron chi connectivity index (χ4n) is 4.14. The molecule has 2 amide bonds. The number of carbonyl (C=O) groups is 1. The van der Waals surface area contributed by atoms with E-state index < -0.39 is 23.7 Å². The predicted octanol–water partition coefficient (Wildman–Crippen LogP) is 6.55. The van der Waals surface area contributed by atoms with E-state index in [1.165, 1.54) is 6.07 Å². The zero-order valence-corrected chi connectivity index (χ0v) is 17.6. The van der Waals surface area contributed by atoms with Crippen molar-refractivity contribution in [2.75, 3.05) is 5.32 Å². The molecule has 0 bridgehead atoms. The van der Waals surface area contributed by atoms with Crippen LogP contribution in [0, 0.1) is 11.6 Å². The standard InChI is InChI=1S/C25H18ClF2N3O/c26-19-8-3-2-7-18(19)24-23-10-5-13-30(23)22-9-4-1-6-16(22)15-31(24)25(32)29-21-12-11-17(27)14-20(21)28/h1-14,24H,15H2,(H,29,32)/t24-/m1/s1. The lowest BCUT2D eigenvalue weighted by atomic mass is 10.0. The molecule has 5 rings (SSSR count). The van der Waals surface area contributed by atoms with Crippen LogP contribution in [-0.4, -0.2) is 15.5 Å². The van der Waals surface area contributed by atoms with Crippen LogP contribution in [0.25, 0.3) is 5.69 Å². The van der Waals surface area contributed by atoms with Crippen molar-refractivity contribution in [1.29, 1.82) is 0 Å². The van der Waals surface area contributed by atoms with Crippen molar-refractivity contribution in [1.82, 2.24) is 9.47 Å². The topological polar surface area (TPSA) is 37.3 Å². The molecule has 7 heteroatoms. The molecule has 3 aromatic carbocycles. The van der Waals surface area contributed by atoms with E-state index in [1.54, 1.807) is 11.0 Å². The molecule has 4 nitrogen and oxygen atoms in total. The van der Waals surface area contributed by atoms with E-state index in [2.05, 4.69) is 5.32 Å². The van der Waals surface area contributed by atoms with Crippen LogP contribution in [0.4, 0.5) is 19.3 Å². The second-order valence-electron chi connectivity index (χ2n) is 7.54. The van der Waals surface area contributed by atoms with Crippen molar-refractivity contribution >= 4 is 23.3 Å². The van der Waals surface area contributed by atoms with E-state index in [-0.39, 0.29) is 12.2 Å². The van der Waals surface area contributed by atoms with Crippen molar-refractivity contribution in [2.24, 2.45) is 0 Å². The van der Waals surface area contributed by atoms with Gasteiger partial charge in [0.25, 0.3) is 0 Å². The number of nitrogens with zero attached hydrogens (tertiary/aromatic N) is 2. The predicted molar refractivity (Wildman–Crippen MR) is 120 cm³/mol. The van der Waals surface area contributed by atoms with E-state index in [4.69, 9.17) is 11.6 Å². The summed E-state index contributed by atoms with van der Waals surface area (Å²) in [5, 5.41) is 3.12. The number of halogens is 3. The summed E-state index contributed by atoms with van der Waals surface area (Å²) in [5.41, 5.74) is 3.37. The third kappa shape index (κ3) is 3.52. The number of fused-ring (bicyclic) bond motifs is 3. The number of benzene rings is 3. The first kappa shape index (κ1) is 20.3. The third-order valence-electron chi connectivity index (χ3n) is 5.60. The molecule has 0 radical (unpaired) electrons. The zero-order chi connectivity index (χ0) is 22.2. The lowest BCUT2D eigenvalue weighted by molar-refractivity contribution is 0.194. The van der Waals surface area contributed by atoms with Gasteiger partial charge in [0.05, 0.1) is 23.6 Å². The molecule has 1 aliphatic rings. The van der Waals surface area contributed by atoms with Gasteiger partial charge in [0, 0.05) is 17.3 Å². The first-order chi connectivity index (χ1) is 15.5. The average Bonchev–Trinajstić information content (AvgIpc) is 3.21. The first-order valence-electron chi connectivity index (χ1n) is 10.1. The second-order valence-corrected chi connectivity index (χ2v) is 7.95. The highest BCUT2D eigenvalue weighted by Crippen LogP contribution is 2.39. The summed E-state index contributed by atoms with van der Waals surface area (Å²) >= 11 is 6.56. The second kappa shape index (κ2) is 8.13. The van der Waals surface area contributed by atoms with Gasteiger partial charge in [-0.3, -0.25) is 0 Å². The van der Waals surface area contributed by atoms with Crippen LogP contribution in [0.15, 0.2) is 85.1 Å². The fourth-order valence-corrected chi connectivity index (χ4v) is 4.38. The number of carbonyl (C=O) groups excluding carboxylic acids is 1. The number of urea groups is 1. The zero-order valence-electron chi connectivity index (χ0n) is 16.8. The Hall–Kier alpha value is -3.64. The average molecular weight is 450 g/mol. The van der Waals surface area contributed by atoms with E-state index in [0.29, 0.717) is 5.02 Å². The first-order valence-corrected chi connectivity index (χ1v) is 10.4. The summed E-state index contributed by atoms with van der Waals surface area (Å²) in [5.74, 6) is -1.55. The van der Waals surface area contributed by atoms with Gasteiger partial charge in [-0.05, 0) is 47.5 Å². The maximum absolute atomic E-state index is 14.3. The molecule has 0 aliphatic carbocycles. The van der Waals surface area contributed by atoms with Gasteiger partial charge in [0.15, 0.2) is 0 Å². The third-order valence-corrected chi connectivity index (χ3v) is 5.94. The quantitative estimate of drug-likeness (QED) is 0.370. The minimum Gasteiger partial charge on any atom is -0.318 e. The van der Waals surface area contributed by atoms with Crippen molar-refractivity contribution in [3.8, 4) is 5.69 Å². The van der Waals surface area contributed by atoms with Gasteiger partial charge in [-0.15, -0.1) is 0 Å². The highest BCUT2D eigenvalue weighted by molar-refractivity contribution is 6.31. The SMILES string of the molecule is O=C(Nc1ccc(F)cc1F)N1Cc2ccccc2-n2cccc2[C@H]1c1ccccc1Cl. The van der Waals surface area contributed by atoms with Crippen LogP contribution in [0.5, 0.6) is 0 Å². The summed E-state index contributed by atoms with van der Waals surface area (Å²) in [6.45, 7) is 0.266. The Morgan fingerprint density at radius 2 is 1.75 bits per heavy atom. The molecule has 1 aliphatic heterocycles. The van der Waals surface area contributed by atoms with Gasteiger partial charge in [-0.2, -0.15) is 0 Å². The molecule has 160 valence electrons. The minimum atomic E-state index is -0.841. The van der Waals surface area contributed by atoms with Gasteiger partial charge >= 0.3 is 6.03 Å². The molecule has 1 N–H and O–H groups in total. The van der Waals surface area contributed by atoms with E-state index in [9.17, 15) is 13.6 Å². The number of amides is 2. The monoisotopic (exact) mass is 449 g/mol. The summed E-state index contributed by atoms with van der Waals surface area (Å²) in [7, 11) is 0. The van der Waals surface area contributed by atoms with Gasteiger partial charge < -0.3 is 14.8 Å². The van der Waals surface area contributed by atoms with Gasteiger partial charge in [0.1, 0.15) is 17.7 Å². The largest absolute Gasteiger partial charge is 0.323 e. The summed E-state index contributed by atoms with van der Waals surface area (Å²) in [4.78, 5) is 15.1. The van der Waals surface area contributed by atoms with Crippen LogP contribution in [-0.2, 0) is 6.54 Å². The normalized spacial score (nSPS) is 15.0. The smallest absolute Gasteiger partial charge is 0.318 e. The molecule has 0 unspecified atom stereocenters. The molecular weight excluding hydrogens is 432 g/mol. The molecule has 0 saturated heterocycles. The van der Waals surface area contributed by atoms with Crippen molar-refractivity contribution in [3.05, 3.63) is 119 Å². The summed E-state index contributed by atoms with van der Waals surface area (Å²) in [6.07, 6.45) is 1.94. The Balaban J connectivity index is 1.65. The van der Waals surface area contributed by atoms with Gasteiger partial charge in [-0.25, -0.2) is 13.6 Å². The van der Waals surface area contributed by atoms with Crippen molar-refractivity contribution < 1.29 is 13.6 Å². The van der Waals surface area contributed by atoms with Crippen LogP contribution in [0.1, 0.15) is 22.9 Å². The lowest BCUT2D eigenvalue weighted by Crippen LogP contribution is -2.38. The Labute approximate surface area is 188 Å². The number of aromatic nitrogens is 1. The van der Waals surface area contributed by atoms with E-state index in [1.807, 2.05) is 65.4 Å². The molecule has 0 fully saturated rings. The molecule has 32 heavy (non-hydrogen) atoms. The number of hydrogen-bond acceptors (Lipinski definition) is 1. The summed E-state index contributed by atoms with van der Waals surface area (Å²) < 4.78 is 29.6. The van der Waals surface area contributed by atoms with Crippen molar-refractivity contribution in [2.45, 2.75) is 12.6 Å². The highest BCUT2D eigenvalue weighted by Gasteiger charge is 2.34. The Bertz CT molecular complexity index is 1320. The number of anilines is 1. The van der Waals surface area contributed by atoms with Gasteiger partial charge in [0.2, 0.25) is 0 Å². The van der Waals surface area contributed by atoms with Crippen LogP contribution in [0.3, 0.4) is 0 Å². The molecule has 1 atom stereocenters. The molecule has 4 aromatic rings. The lowest BCUT2D eigenvalue weighted by Gasteiger charge is -2.31. The minimum absolute atomic E-state index is 0.0952. The molecule has 2 heterocycles. The maximum atomic E-state index is 14.3. The molecular formula is C25H18ClF2N3O. The Morgan fingerprint density at radius 3 is 2.56 bits per heavy atom. The van der Waals surface area contributed by atoms with Crippen LogP contribution >= 0.6 is 11.6 Å². The molecule has 0 spiro atoms. The van der Waals surface area contributed by atoms with Crippen molar-refractivity contribution in [3.63, 3.8) is 0 Å². The number of para-hydroxylation sites is 1. The number of nitrogens with one attached hydrogen (secondary N) is 1. The highest BCUT2D eigenvalue weighted by atomic mass is 35.5. The number of rotatable bonds is 2. The molecule has 1 aromatic heterocycles. The van der Waals surface area contributed by atoms with E-state index in [0.717, 1.165) is 34.6 Å².